The molecule has 26 heavy (non-hydrogen) atoms. The number of nitrogens with zero attached hydrogens (tertiary/aromatic N) is 2. The molecular formula is C24H16N2. The van der Waals surface area contributed by atoms with E-state index in [9.17, 15) is 10.5 Å². The van der Waals surface area contributed by atoms with Gasteiger partial charge in [0.2, 0.25) is 0 Å². The van der Waals surface area contributed by atoms with Crippen LogP contribution in [0.5, 0.6) is 0 Å². The van der Waals surface area contributed by atoms with Gasteiger partial charge in [0, 0.05) is 5.92 Å². The molecule has 0 bridgehead atoms. The first-order valence-electron chi connectivity index (χ1n) is 8.93. The van der Waals surface area contributed by atoms with E-state index in [0.29, 0.717) is 5.57 Å². The van der Waals surface area contributed by atoms with E-state index in [2.05, 4.69) is 48.5 Å². The summed E-state index contributed by atoms with van der Waals surface area (Å²) in [6.45, 7) is 0. The number of nitriles is 2. The molecule has 3 aromatic carbocycles. The SMILES string of the molecule is N#CC1=C[C@@H]([C@@H]2Cc3cccc4cccc2c34)[C@@H](C#N)c2ccccc21. The van der Waals surface area contributed by atoms with Crippen LogP contribution in [0, 0.1) is 28.6 Å². The van der Waals surface area contributed by atoms with Crippen molar-refractivity contribution in [2.45, 2.75) is 18.3 Å². The molecule has 0 aromatic heterocycles. The van der Waals surface area contributed by atoms with Gasteiger partial charge in [0.1, 0.15) is 0 Å². The van der Waals surface area contributed by atoms with Crippen LogP contribution >= 0.6 is 0 Å². The third kappa shape index (κ3) is 1.97. The summed E-state index contributed by atoms with van der Waals surface area (Å²) in [6.07, 6.45) is 2.97. The van der Waals surface area contributed by atoms with Crippen LogP contribution in [-0.4, -0.2) is 0 Å². The van der Waals surface area contributed by atoms with Gasteiger partial charge < -0.3 is 0 Å². The number of allylic oxidation sites excluding steroid dienone is 2. The Hall–Kier alpha value is -3.36. The minimum Gasteiger partial charge on any atom is -0.198 e. The van der Waals surface area contributed by atoms with Crippen LogP contribution in [0.3, 0.4) is 0 Å². The van der Waals surface area contributed by atoms with Gasteiger partial charge in [-0.1, -0.05) is 66.7 Å². The number of rotatable bonds is 1. The molecule has 2 aliphatic carbocycles. The number of fused-ring (bicyclic) bond motifs is 1. The lowest BCUT2D eigenvalue weighted by Gasteiger charge is -2.31. The summed E-state index contributed by atoms with van der Waals surface area (Å²) < 4.78 is 0. The smallest absolute Gasteiger partial charge is 0.0994 e. The minimum absolute atomic E-state index is 0.0163. The van der Waals surface area contributed by atoms with Gasteiger partial charge in [0.05, 0.1) is 23.6 Å². The second kappa shape index (κ2) is 5.58. The molecule has 0 fully saturated rings. The van der Waals surface area contributed by atoms with E-state index in [1.807, 2.05) is 30.3 Å². The van der Waals surface area contributed by atoms with Gasteiger partial charge in [0.25, 0.3) is 0 Å². The summed E-state index contributed by atoms with van der Waals surface area (Å²) in [5.41, 5.74) is 5.26. The fourth-order valence-corrected chi connectivity index (χ4v) is 4.82. The maximum absolute atomic E-state index is 9.98. The Labute approximate surface area is 152 Å². The Balaban J connectivity index is 1.70. The Morgan fingerprint density at radius 1 is 0.846 bits per heavy atom. The van der Waals surface area contributed by atoms with E-state index in [0.717, 1.165) is 17.5 Å². The summed E-state index contributed by atoms with van der Waals surface area (Å²) in [4.78, 5) is 0. The fourth-order valence-electron chi connectivity index (χ4n) is 4.82. The lowest BCUT2D eigenvalue weighted by molar-refractivity contribution is 0.476. The quantitative estimate of drug-likeness (QED) is 0.605. The topological polar surface area (TPSA) is 47.6 Å². The second-order valence-corrected chi connectivity index (χ2v) is 7.14. The molecule has 0 amide bonds. The molecule has 0 saturated heterocycles. The van der Waals surface area contributed by atoms with Gasteiger partial charge in [-0.05, 0) is 45.4 Å². The van der Waals surface area contributed by atoms with Gasteiger partial charge >= 0.3 is 0 Å². The van der Waals surface area contributed by atoms with E-state index in [1.54, 1.807) is 0 Å². The number of hydrogen-bond acceptors (Lipinski definition) is 2. The highest BCUT2D eigenvalue weighted by Gasteiger charge is 2.38. The van der Waals surface area contributed by atoms with Crippen molar-refractivity contribution in [2.24, 2.45) is 5.92 Å². The van der Waals surface area contributed by atoms with E-state index in [1.165, 1.54) is 21.9 Å². The fraction of sp³-hybridized carbons (Fsp3) is 0.167. The first-order chi connectivity index (χ1) is 12.8. The highest BCUT2D eigenvalue weighted by molar-refractivity contribution is 5.92. The molecule has 5 rings (SSSR count). The second-order valence-electron chi connectivity index (χ2n) is 7.14. The third-order valence-corrected chi connectivity index (χ3v) is 5.92. The molecule has 0 radical (unpaired) electrons. The molecular weight excluding hydrogens is 316 g/mol. The molecule has 0 unspecified atom stereocenters. The lowest BCUT2D eigenvalue weighted by atomic mass is 9.70. The van der Waals surface area contributed by atoms with Crippen molar-refractivity contribution < 1.29 is 0 Å². The van der Waals surface area contributed by atoms with Crippen LogP contribution in [0.25, 0.3) is 16.3 Å². The van der Waals surface area contributed by atoms with Crippen molar-refractivity contribution in [2.75, 3.05) is 0 Å². The van der Waals surface area contributed by atoms with Gasteiger partial charge in [-0.3, -0.25) is 0 Å². The van der Waals surface area contributed by atoms with Crippen LogP contribution in [0.1, 0.15) is 34.1 Å². The van der Waals surface area contributed by atoms with Crippen LogP contribution in [0.15, 0.2) is 66.7 Å². The summed E-state index contributed by atoms with van der Waals surface area (Å²) >= 11 is 0. The van der Waals surface area contributed by atoms with Crippen LogP contribution < -0.4 is 0 Å². The monoisotopic (exact) mass is 332 g/mol. The molecule has 3 aromatic rings. The number of benzene rings is 3. The normalized spacial score (nSPS) is 23.0. The molecule has 0 saturated carbocycles. The molecule has 2 aliphatic rings. The number of hydrogen-bond donors (Lipinski definition) is 0. The molecule has 122 valence electrons. The zero-order valence-electron chi connectivity index (χ0n) is 14.2. The summed E-state index contributed by atoms with van der Waals surface area (Å²) in [5.74, 6) is 0.0258. The van der Waals surface area contributed by atoms with Gasteiger partial charge in [-0.25, -0.2) is 0 Å². The Morgan fingerprint density at radius 2 is 1.62 bits per heavy atom. The van der Waals surface area contributed by atoms with Crippen molar-refractivity contribution >= 4 is 16.3 Å². The Bertz CT molecular complexity index is 1150. The summed E-state index contributed by atoms with van der Waals surface area (Å²) in [6, 6.07) is 25.7. The zero-order valence-corrected chi connectivity index (χ0v) is 14.2. The Morgan fingerprint density at radius 3 is 2.42 bits per heavy atom. The molecule has 3 atom stereocenters. The molecule has 0 spiro atoms. The van der Waals surface area contributed by atoms with Gasteiger partial charge in [-0.2, -0.15) is 10.5 Å². The maximum Gasteiger partial charge on any atom is 0.0994 e. The predicted molar refractivity (Wildman–Crippen MR) is 102 cm³/mol. The predicted octanol–water partition coefficient (Wildman–Crippen LogP) is 5.32. The van der Waals surface area contributed by atoms with Gasteiger partial charge in [0.15, 0.2) is 0 Å². The molecule has 2 nitrogen and oxygen atoms in total. The molecule has 0 heterocycles. The van der Waals surface area contributed by atoms with Crippen molar-refractivity contribution in [3.63, 3.8) is 0 Å². The van der Waals surface area contributed by atoms with Crippen molar-refractivity contribution in [1.29, 1.82) is 10.5 Å². The van der Waals surface area contributed by atoms with Crippen molar-refractivity contribution in [3.8, 4) is 12.1 Å². The Kier molecular flexibility index (Phi) is 3.21. The van der Waals surface area contributed by atoms with Crippen LogP contribution in [0.4, 0.5) is 0 Å². The zero-order chi connectivity index (χ0) is 17.7. The van der Waals surface area contributed by atoms with Crippen molar-refractivity contribution in [1.82, 2.24) is 0 Å². The largest absolute Gasteiger partial charge is 0.198 e. The highest BCUT2D eigenvalue weighted by Crippen LogP contribution is 2.50. The maximum atomic E-state index is 9.98. The summed E-state index contributed by atoms with van der Waals surface area (Å²) in [7, 11) is 0. The third-order valence-electron chi connectivity index (χ3n) is 5.92. The highest BCUT2D eigenvalue weighted by atomic mass is 14.4. The van der Waals surface area contributed by atoms with Crippen molar-refractivity contribution in [3.05, 3.63) is 89.0 Å². The van der Waals surface area contributed by atoms with Gasteiger partial charge in [-0.15, -0.1) is 0 Å². The van der Waals surface area contributed by atoms with E-state index in [-0.39, 0.29) is 17.8 Å². The average Bonchev–Trinajstić information content (AvgIpc) is 3.07. The minimum atomic E-state index is -0.224. The van der Waals surface area contributed by atoms with E-state index < -0.39 is 0 Å². The first-order valence-corrected chi connectivity index (χ1v) is 8.93. The molecule has 2 heteroatoms. The molecule has 0 N–H and O–H groups in total. The van der Waals surface area contributed by atoms with Crippen LogP contribution in [0.2, 0.25) is 0 Å². The van der Waals surface area contributed by atoms with E-state index >= 15 is 0 Å². The first kappa shape index (κ1) is 14.9. The average molecular weight is 332 g/mol. The van der Waals surface area contributed by atoms with E-state index in [4.69, 9.17) is 0 Å². The standard InChI is InChI=1S/C24H16N2/c25-13-17-12-22(23(14-26)19-9-2-1-8-18(17)19)21-11-16-7-3-5-15-6-4-10-20(21)24(15)16/h1-10,12,21-23H,11H2/t21-,22+,23+/m1/s1. The van der Waals surface area contributed by atoms with Crippen LogP contribution in [-0.2, 0) is 6.42 Å². The summed E-state index contributed by atoms with van der Waals surface area (Å²) in [5, 5.41) is 22.3. The lowest BCUT2D eigenvalue weighted by Crippen LogP contribution is -2.22. The molecule has 0 aliphatic heterocycles.